The summed E-state index contributed by atoms with van der Waals surface area (Å²) >= 11 is 0. The maximum Gasteiger partial charge on any atom is 0.000757 e. The highest BCUT2D eigenvalue weighted by atomic mass is 15.1. The fraction of sp³-hybridized carbons (Fsp3) is 0.833. The van der Waals surface area contributed by atoms with Gasteiger partial charge in [0.05, 0.1) is 0 Å². The molecule has 0 bridgehead atoms. The first-order chi connectivity index (χ1) is 6.74. The predicted molar refractivity (Wildman–Crippen MR) is 62.5 cm³/mol. The van der Waals surface area contributed by atoms with Gasteiger partial charge in [-0.1, -0.05) is 13.0 Å². The van der Waals surface area contributed by atoms with Crippen LogP contribution in [-0.2, 0) is 0 Å². The van der Waals surface area contributed by atoms with E-state index < -0.39 is 0 Å². The van der Waals surface area contributed by atoms with Gasteiger partial charge in [0.2, 0.25) is 0 Å². The van der Waals surface area contributed by atoms with E-state index in [4.69, 9.17) is 0 Å². The summed E-state index contributed by atoms with van der Waals surface area (Å²) in [6.45, 7) is 11.0. The van der Waals surface area contributed by atoms with Gasteiger partial charge in [-0.15, -0.1) is 6.58 Å². The second-order valence-electron chi connectivity index (χ2n) is 4.59. The normalized spacial score (nSPS) is 19.4. The molecule has 1 rings (SSSR count). The van der Waals surface area contributed by atoms with Crippen molar-refractivity contribution in [2.24, 2.45) is 11.8 Å². The number of nitrogens with zero attached hydrogens (tertiary/aromatic N) is 1. The van der Waals surface area contributed by atoms with E-state index in [-0.39, 0.29) is 0 Å². The second kappa shape index (κ2) is 6.20. The summed E-state index contributed by atoms with van der Waals surface area (Å²) in [4.78, 5) is 2.45. The molecular formula is C12H24N2. The molecule has 0 aliphatic carbocycles. The number of rotatable bonds is 7. The lowest BCUT2D eigenvalue weighted by Gasteiger charge is -2.34. The summed E-state index contributed by atoms with van der Waals surface area (Å²) in [6, 6.07) is 0. The van der Waals surface area contributed by atoms with Crippen LogP contribution in [0.25, 0.3) is 0 Å². The summed E-state index contributed by atoms with van der Waals surface area (Å²) < 4.78 is 0. The minimum Gasteiger partial charge on any atom is -0.316 e. The molecule has 0 saturated carbocycles. The van der Waals surface area contributed by atoms with Gasteiger partial charge < -0.3 is 10.2 Å². The molecule has 1 saturated heterocycles. The van der Waals surface area contributed by atoms with Crippen LogP contribution in [0.5, 0.6) is 0 Å². The van der Waals surface area contributed by atoms with Crippen molar-refractivity contribution in [3.63, 3.8) is 0 Å². The largest absolute Gasteiger partial charge is 0.316 e. The molecule has 82 valence electrons. The Hall–Kier alpha value is -0.340. The zero-order valence-corrected chi connectivity index (χ0v) is 9.63. The molecule has 1 aliphatic heterocycles. The number of nitrogens with one attached hydrogen (secondary N) is 1. The van der Waals surface area contributed by atoms with E-state index in [1.165, 1.54) is 32.6 Å². The first kappa shape index (κ1) is 11.7. The minimum atomic E-state index is 0.838. The number of hydrogen-bond donors (Lipinski definition) is 1. The third-order valence-electron chi connectivity index (χ3n) is 3.17. The summed E-state index contributed by atoms with van der Waals surface area (Å²) in [7, 11) is 2.23. The fourth-order valence-corrected chi connectivity index (χ4v) is 1.95. The van der Waals surface area contributed by atoms with E-state index in [0.29, 0.717) is 0 Å². The van der Waals surface area contributed by atoms with E-state index >= 15 is 0 Å². The van der Waals surface area contributed by atoms with Gasteiger partial charge >= 0.3 is 0 Å². The highest BCUT2D eigenvalue weighted by molar-refractivity contribution is 4.80. The Morgan fingerprint density at radius 1 is 1.57 bits per heavy atom. The molecule has 0 aromatic heterocycles. The SMILES string of the molecule is C=CCCCN(C)CC(C)C1CNC1. The number of unbranched alkanes of at least 4 members (excludes halogenated alkanes) is 1. The van der Waals surface area contributed by atoms with Gasteiger partial charge in [0.25, 0.3) is 0 Å². The Morgan fingerprint density at radius 3 is 2.79 bits per heavy atom. The Kier molecular flexibility index (Phi) is 5.20. The fourth-order valence-electron chi connectivity index (χ4n) is 1.95. The van der Waals surface area contributed by atoms with Crippen LogP contribution in [0.2, 0.25) is 0 Å². The van der Waals surface area contributed by atoms with E-state index in [1.54, 1.807) is 0 Å². The van der Waals surface area contributed by atoms with Crippen LogP contribution in [0, 0.1) is 11.8 Å². The van der Waals surface area contributed by atoms with Crippen molar-refractivity contribution in [3.8, 4) is 0 Å². The van der Waals surface area contributed by atoms with Gasteiger partial charge in [0.15, 0.2) is 0 Å². The molecule has 1 fully saturated rings. The smallest absolute Gasteiger partial charge is 0.000757 e. The average Bonchev–Trinajstić information content (AvgIpc) is 2.00. The molecule has 1 aliphatic rings. The summed E-state index contributed by atoms with van der Waals surface area (Å²) in [5.74, 6) is 1.75. The van der Waals surface area contributed by atoms with Crippen molar-refractivity contribution in [2.45, 2.75) is 19.8 Å². The lowest BCUT2D eigenvalue weighted by Crippen LogP contribution is -2.47. The molecule has 14 heavy (non-hydrogen) atoms. The quantitative estimate of drug-likeness (QED) is 0.493. The van der Waals surface area contributed by atoms with Crippen LogP contribution in [0.15, 0.2) is 12.7 Å². The van der Waals surface area contributed by atoms with Gasteiger partial charge in [0, 0.05) is 6.54 Å². The van der Waals surface area contributed by atoms with Crippen molar-refractivity contribution in [2.75, 3.05) is 33.2 Å². The molecule has 2 heteroatoms. The Bertz CT molecular complexity index is 164. The lowest BCUT2D eigenvalue weighted by molar-refractivity contribution is 0.185. The summed E-state index contributed by atoms with van der Waals surface area (Å²) in [5, 5.41) is 3.34. The van der Waals surface area contributed by atoms with Crippen LogP contribution in [-0.4, -0.2) is 38.1 Å². The standard InChI is InChI=1S/C12H24N2/c1-4-5-6-7-14(3)10-11(2)12-8-13-9-12/h4,11-13H,1,5-10H2,2-3H3. The summed E-state index contributed by atoms with van der Waals surface area (Å²) in [5.41, 5.74) is 0. The molecule has 1 heterocycles. The Balaban J connectivity index is 2.05. The first-order valence-electron chi connectivity index (χ1n) is 5.74. The van der Waals surface area contributed by atoms with Gasteiger partial charge in [-0.2, -0.15) is 0 Å². The maximum atomic E-state index is 3.74. The Labute approximate surface area is 88.4 Å². The Morgan fingerprint density at radius 2 is 2.29 bits per heavy atom. The molecule has 1 atom stereocenters. The third kappa shape index (κ3) is 3.81. The molecule has 1 N–H and O–H groups in total. The van der Waals surface area contributed by atoms with Crippen LogP contribution in [0.4, 0.5) is 0 Å². The zero-order valence-electron chi connectivity index (χ0n) is 9.63. The zero-order chi connectivity index (χ0) is 10.4. The van der Waals surface area contributed by atoms with Crippen molar-refractivity contribution in [3.05, 3.63) is 12.7 Å². The van der Waals surface area contributed by atoms with Crippen LogP contribution >= 0.6 is 0 Å². The highest BCUT2D eigenvalue weighted by Gasteiger charge is 2.23. The summed E-state index contributed by atoms with van der Waals surface area (Å²) in [6.07, 6.45) is 4.40. The predicted octanol–water partition coefficient (Wildman–Crippen LogP) is 1.74. The average molecular weight is 196 g/mol. The monoisotopic (exact) mass is 196 g/mol. The molecule has 2 nitrogen and oxygen atoms in total. The van der Waals surface area contributed by atoms with Crippen molar-refractivity contribution in [1.82, 2.24) is 10.2 Å². The van der Waals surface area contributed by atoms with E-state index in [9.17, 15) is 0 Å². The molecule has 0 radical (unpaired) electrons. The highest BCUT2D eigenvalue weighted by Crippen LogP contribution is 2.16. The maximum absolute atomic E-state index is 3.74. The molecule has 1 unspecified atom stereocenters. The molecule has 0 spiro atoms. The number of hydrogen-bond acceptors (Lipinski definition) is 2. The van der Waals surface area contributed by atoms with Gasteiger partial charge in [-0.25, -0.2) is 0 Å². The first-order valence-corrected chi connectivity index (χ1v) is 5.74. The topological polar surface area (TPSA) is 15.3 Å². The molecular weight excluding hydrogens is 172 g/mol. The second-order valence-corrected chi connectivity index (χ2v) is 4.59. The van der Waals surface area contributed by atoms with Crippen LogP contribution < -0.4 is 5.32 Å². The van der Waals surface area contributed by atoms with E-state index in [0.717, 1.165) is 18.3 Å². The molecule has 0 amide bonds. The van der Waals surface area contributed by atoms with Crippen LogP contribution in [0.1, 0.15) is 19.8 Å². The van der Waals surface area contributed by atoms with Crippen molar-refractivity contribution >= 4 is 0 Å². The van der Waals surface area contributed by atoms with Gasteiger partial charge in [-0.3, -0.25) is 0 Å². The van der Waals surface area contributed by atoms with Gasteiger partial charge in [0.1, 0.15) is 0 Å². The van der Waals surface area contributed by atoms with E-state index in [1.807, 2.05) is 6.08 Å². The van der Waals surface area contributed by atoms with Crippen LogP contribution in [0.3, 0.4) is 0 Å². The van der Waals surface area contributed by atoms with E-state index in [2.05, 4.69) is 30.8 Å². The van der Waals surface area contributed by atoms with Crippen molar-refractivity contribution in [1.29, 1.82) is 0 Å². The third-order valence-corrected chi connectivity index (χ3v) is 3.17. The van der Waals surface area contributed by atoms with Gasteiger partial charge in [-0.05, 0) is 51.4 Å². The lowest BCUT2D eigenvalue weighted by atomic mass is 9.88. The number of allylic oxidation sites excluding steroid dienone is 1. The van der Waals surface area contributed by atoms with Crippen molar-refractivity contribution < 1.29 is 0 Å². The molecule has 0 aromatic carbocycles. The molecule has 0 aromatic rings. The minimum absolute atomic E-state index is 0.838.